The van der Waals surface area contributed by atoms with Crippen molar-refractivity contribution >= 4 is 5.97 Å². The van der Waals surface area contributed by atoms with Crippen LogP contribution in [0.3, 0.4) is 0 Å². The molecule has 1 aromatic heterocycles. The number of carbonyl (C=O) groups is 1. The molecule has 1 heterocycles. The van der Waals surface area contributed by atoms with Gasteiger partial charge in [-0.15, -0.1) is 10.2 Å². The average Bonchev–Trinajstić information content (AvgIpc) is 2.12. The Hall–Kier alpha value is -1.50. The van der Waals surface area contributed by atoms with E-state index in [0.717, 1.165) is 0 Å². The van der Waals surface area contributed by atoms with Crippen molar-refractivity contribution < 1.29 is 15.4 Å². The largest absolute Gasteiger partial charge is 0.475 e. The summed E-state index contributed by atoms with van der Waals surface area (Å²) in [5.74, 6) is -1.50. The summed E-state index contributed by atoms with van der Waals surface area (Å²) >= 11 is 0. The molecule has 9 heavy (non-hydrogen) atoms. The van der Waals surface area contributed by atoms with Crippen LogP contribution in [0, 0.1) is 0 Å². The Labute approximate surface area is 49.0 Å². The molecule has 0 fully saturated rings. The van der Waals surface area contributed by atoms with Gasteiger partial charge in [-0.05, 0) is 5.21 Å². The molecule has 7 heteroatoms. The fourth-order valence-electron chi connectivity index (χ4n) is 0.252. The van der Waals surface area contributed by atoms with Crippen molar-refractivity contribution in [3.8, 4) is 0 Å². The predicted molar refractivity (Wildman–Crippen MR) is 24.8 cm³/mol. The zero-order chi connectivity index (χ0) is 5.98. The highest BCUT2D eigenvalue weighted by Gasteiger charge is 2.04. The molecule has 0 unspecified atom stereocenters. The van der Waals surface area contributed by atoms with Gasteiger partial charge in [0.1, 0.15) is 0 Å². The number of hydrogen-bond donors (Lipinski definition) is 2. The van der Waals surface area contributed by atoms with Crippen molar-refractivity contribution in [3.63, 3.8) is 0 Å². The van der Waals surface area contributed by atoms with E-state index in [4.69, 9.17) is 5.11 Å². The molecule has 0 aliphatic heterocycles. The van der Waals surface area contributed by atoms with E-state index in [-0.39, 0.29) is 11.3 Å². The van der Waals surface area contributed by atoms with Gasteiger partial charge < -0.3 is 10.6 Å². The highest BCUT2D eigenvalue weighted by atomic mass is 16.4. The molecule has 4 N–H and O–H groups in total. The third-order valence-electron chi connectivity index (χ3n) is 0.537. The molecule has 1 rings (SSSR count). The molecule has 0 radical (unpaired) electrons. The first-order valence-corrected chi connectivity index (χ1v) is 1.77. The third-order valence-corrected chi connectivity index (χ3v) is 0.537. The summed E-state index contributed by atoms with van der Waals surface area (Å²) in [6.45, 7) is 0. The minimum Gasteiger partial charge on any atom is -0.475 e. The Kier molecular flexibility index (Phi) is 2.27. The summed E-state index contributed by atoms with van der Waals surface area (Å²) in [4.78, 5) is 9.88. The minimum atomic E-state index is -1.18. The highest BCUT2D eigenvalue weighted by Crippen LogP contribution is 1.78. The summed E-state index contributed by atoms with van der Waals surface area (Å²) < 4.78 is 0. The van der Waals surface area contributed by atoms with E-state index in [1.807, 2.05) is 5.21 Å². The summed E-state index contributed by atoms with van der Waals surface area (Å²) in [5.41, 5.74) is 0. The fourth-order valence-corrected chi connectivity index (χ4v) is 0.252. The molecule has 0 saturated carbocycles. The van der Waals surface area contributed by atoms with E-state index < -0.39 is 5.97 Å². The zero-order valence-electron chi connectivity index (χ0n) is 4.20. The Morgan fingerprint density at radius 2 is 2.33 bits per heavy atom. The number of hydrogen-bond acceptors (Lipinski definition) is 4. The molecule has 0 aliphatic rings. The van der Waals surface area contributed by atoms with E-state index in [9.17, 15) is 4.79 Å². The van der Waals surface area contributed by atoms with Crippen LogP contribution in [0.1, 0.15) is 10.6 Å². The number of carboxylic acids is 1. The monoisotopic (exact) mass is 132 g/mol. The van der Waals surface area contributed by atoms with E-state index in [2.05, 4.69) is 15.4 Å². The number of aromatic amines is 1. The fraction of sp³-hybridized carbons (Fsp3) is 0. The van der Waals surface area contributed by atoms with Crippen LogP contribution in [0.15, 0.2) is 0 Å². The molecule has 1 aromatic rings. The van der Waals surface area contributed by atoms with Gasteiger partial charge in [-0.25, -0.2) is 4.79 Å². The van der Waals surface area contributed by atoms with Crippen LogP contribution in [0.5, 0.6) is 0 Å². The maximum absolute atomic E-state index is 9.88. The molecular formula is C2H4N4O3. The lowest BCUT2D eigenvalue weighted by Gasteiger charge is -1.73. The number of H-pyrrole nitrogens is 1. The maximum atomic E-state index is 9.88. The Balaban J connectivity index is 0.000000640. The van der Waals surface area contributed by atoms with Crippen LogP contribution < -0.4 is 0 Å². The third kappa shape index (κ3) is 1.46. The van der Waals surface area contributed by atoms with E-state index >= 15 is 0 Å². The van der Waals surface area contributed by atoms with E-state index in [0.29, 0.717) is 0 Å². The smallest absolute Gasteiger partial charge is 0.377 e. The van der Waals surface area contributed by atoms with Gasteiger partial charge in [-0.3, -0.25) is 0 Å². The summed E-state index contributed by atoms with van der Waals surface area (Å²) in [6.07, 6.45) is 0. The standard InChI is InChI=1S/C2H2N4O2.H2O/c7-2(8)1-3-5-6-4-1;/h(H,7,8)(H,3,4,5,6);1H2. The number of aromatic nitrogens is 4. The molecule has 0 atom stereocenters. The molecule has 0 aromatic carbocycles. The quantitative estimate of drug-likeness (QED) is 0.460. The van der Waals surface area contributed by atoms with Crippen molar-refractivity contribution in [1.29, 1.82) is 0 Å². The van der Waals surface area contributed by atoms with Crippen LogP contribution in [0.4, 0.5) is 0 Å². The van der Waals surface area contributed by atoms with Gasteiger partial charge >= 0.3 is 5.97 Å². The van der Waals surface area contributed by atoms with Gasteiger partial charge in [0.15, 0.2) is 0 Å². The zero-order valence-corrected chi connectivity index (χ0v) is 4.20. The Morgan fingerprint density at radius 3 is 2.56 bits per heavy atom. The molecule has 0 amide bonds. The Bertz CT molecular complexity index is 182. The van der Waals surface area contributed by atoms with Gasteiger partial charge in [0.25, 0.3) is 5.82 Å². The number of aromatic carboxylic acids is 1. The van der Waals surface area contributed by atoms with Crippen LogP contribution in [-0.2, 0) is 0 Å². The van der Waals surface area contributed by atoms with Crippen molar-refractivity contribution in [2.75, 3.05) is 0 Å². The number of nitrogens with one attached hydrogen (secondary N) is 1. The Morgan fingerprint density at radius 1 is 1.67 bits per heavy atom. The molecule has 50 valence electrons. The van der Waals surface area contributed by atoms with Crippen LogP contribution in [0.25, 0.3) is 0 Å². The SMILES string of the molecule is O.O=C(O)c1nn[nH]n1. The molecule has 0 spiro atoms. The normalized spacial score (nSPS) is 8.00. The van der Waals surface area contributed by atoms with Crippen LogP contribution in [-0.4, -0.2) is 37.2 Å². The van der Waals surface area contributed by atoms with Crippen LogP contribution >= 0.6 is 0 Å². The number of nitrogens with zero attached hydrogens (tertiary/aromatic N) is 3. The summed E-state index contributed by atoms with van der Waals surface area (Å²) in [6, 6.07) is 0. The molecule has 7 nitrogen and oxygen atoms in total. The van der Waals surface area contributed by atoms with Gasteiger partial charge in [0.05, 0.1) is 0 Å². The molecule has 0 aliphatic carbocycles. The van der Waals surface area contributed by atoms with Gasteiger partial charge in [0.2, 0.25) is 0 Å². The number of tetrazole rings is 1. The lowest BCUT2D eigenvalue weighted by molar-refractivity contribution is 0.0683. The van der Waals surface area contributed by atoms with Gasteiger partial charge in [0, 0.05) is 0 Å². The lowest BCUT2D eigenvalue weighted by atomic mass is 10.7. The highest BCUT2D eigenvalue weighted by molar-refractivity contribution is 5.82. The van der Waals surface area contributed by atoms with Crippen molar-refractivity contribution in [2.45, 2.75) is 0 Å². The molecular weight excluding hydrogens is 128 g/mol. The average molecular weight is 132 g/mol. The first-order chi connectivity index (χ1) is 3.80. The van der Waals surface area contributed by atoms with Crippen molar-refractivity contribution in [2.24, 2.45) is 0 Å². The minimum absolute atomic E-state index is 0. The number of carboxylic acid groups (broad SMARTS) is 1. The first kappa shape index (κ1) is 7.50. The summed E-state index contributed by atoms with van der Waals surface area (Å²) in [7, 11) is 0. The topological polar surface area (TPSA) is 123 Å². The second-order valence-corrected chi connectivity index (χ2v) is 1.04. The second kappa shape index (κ2) is 2.72. The number of rotatable bonds is 1. The van der Waals surface area contributed by atoms with E-state index in [1.165, 1.54) is 0 Å². The van der Waals surface area contributed by atoms with Gasteiger partial charge in [-0.1, -0.05) is 0 Å². The van der Waals surface area contributed by atoms with E-state index in [1.54, 1.807) is 0 Å². The summed E-state index contributed by atoms with van der Waals surface area (Å²) in [5, 5.41) is 19.5. The molecule has 0 bridgehead atoms. The van der Waals surface area contributed by atoms with Crippen molar-refractivity contribution in [3.05, 3.63) is 5.82 Å². The van der Waals surface area contributed by atoms with Gasteiger partial charge in [-0.2, -0.15) is 5.21 Å². The van der Waals surface area contributed by atoms with Crippen molar-refractivity contribution in [1.82, 2.24) is 20.6 Å². The van der Waals surface area contributed by atoms with Crippen LogP contribution in [0.2, 0.25) is 0 Å². The lowest BCUT2D eigenvalue weighted by Crippen LogP contribution is -1.98. The predicted octanol–water partition coefficient (Wildman–Crippen LogP) is -1.93. The first-order valence-electron chi connectivity index (χ1n) is 1.77. The second-order valence-electron chi connectivity index (χ2n) is 1.04. The molecule has 0 saturated heterocycles. The maximum Gasteiger partial charge on any atom is 0.377 e.